The van der Waals surface area contributed by atoms with Crippen molar-refractivity contribution < 1.29 is 22.3 Å². The first kappa shape index (κ1) is 21.1. The molecule has 1 N–H and O–H groups in total. The van der Waals surface area contributed by atoms with Crippen LogP contribution in [0.25, 0.3) is 0 Å². The van der Waals surface area contributed by atoms with Crippen LogP contribution in [0.2, 0.25) is 0 Å². The van der Waals surface area contributed by atoms with Crippen LogP contribution in [0.5, 0.6) is 0 Å². The fourth-order valence-corrected chi connectivity index (χ4v) is 4.41. The van der Waals surface area contributed by atoms with Crippen molar-refractivity contribution in [1.29, 1.82) is 0 Å². The number of ether oxygens (including phenoxy) is 1. The van der Waals surface area contributed by atoms with E-state index >= 15 is 0 Å². The summed E-state index contributed by atoms with van der Waals surface area (Å²) in [6.45, 7) is 4.43. The molecule has 7 nitrogen and oxygen atoms in total. The number of carbonyl (C=O) groups is 1. The number of sulfonamides is 1. The van der Waals surface area contributed by atoms with Crippen molar-refractivity contribution >= 4 is 33.0 Å². The lowest BCUT2D eigenvalue weighted by molar-refractivity contribution is -0.116. The zero-order valence-corrected chi connectivity index (χ0v) is 17.2. The molecule has 1 atom stereocenters. The molecule has 1 aliphatic rings. The average Bonchev–Trinajstić information content (AvgIpc) is 2.68. The fraction of sp³-hybridized carbons (Fsp3) is 0.350. The first-order chi connectivity index (χ1) is 13.8. The summed E-state index contributed by atoms with van der Waals surface area (Å²) >= 11 is 0. The number of amides is 1. The molecule has 0 aliphatic carbocycles. The third-order valence-electron chi connectivity index (χ3n) is 4.66. The van der Waals surface area contributed by atoms with E-state index in [0.717, 1.165) is 35.4 Å². The Bertz CT molecular complexity index is 960. The molecule has 3 rings (SSSR count). The zero-order chi connectivity index (χ0) is 21.0. The quantitative estimate of drug-likeness (QED) is 0.775. The standard InChI is InChI=1S/C20H24FN3O4S/c1-15(24(29(2,26)27)19-5-3-4-16(21)14-19)20(25)22-17-6-8-18(9-7-17)23-10-12-28-13-11-23/h3-9,14-15H,10-13H2,1-2H3,(H,22,25)/t15-/m1/s1. The number of morpholine rings is 1. The van der Waals surface area contributed by atoms with Crippen LogP contribution in [0, 0.1) is 5.82 Å². The molecule has 0 spiro atoms. The monoisotopic (exact) mass is 421 g/mol. The van der Waals surface area contributed by atoms with Crippen LogP contribution < -0.4 is 14.5 Å². The largest absolute Gasteiger partial charge is 0.378 e. The van der Waals surface area contributed by atoms with Gasteiger partial charge < -0.3 is 15.0 Å². The number of benzene rings is 2. The summed E-state index contributed by atoms with van der Waals surface area (Å²) in [6, 6.07) is 11.4. The van der Waals surface area contributed by atoms with Crippen molar-refractivity contribution in [2.24, 2.45) is 0 Å². The normalized spacial score (nSPS) is 15.6. The molecule has 0 aromatic heterocycles. The average molecular weight is 421 g/mol. The van der Waals surface area contributed by atoms with E-state index in [2.05, 4.69) is 10.2 Å². The van der Waals surface area contributed by atoms with E-state index in [4.69, 9.17) is 4.74 Å². The van der Waals surface area contributed by atoms with Crippen LogP contribution in [0.4, 0.5) is 21.5 Å². The van der Waals surface area contributed by atoms with Crippen LogP contribution in [-0.4, -0.2) is 52.9 Å². The van der Waals surface area contributed by atoms with E-state index < -0.39 is 27.8 Å². The highest BCUT2D eigenvalue weighted by Gasteiger charge is 2.29. The third kappa shape index (κ3) is 5.24. The Morgan fingerprint density at radius 2 is 1.83 bits per heavy atom. The van der Waals surface area contributed by atoms with E-state index in [-0.39, 0.29) is 5.69 Å². The second-order valence-corrected chi connectivity index (χ2v) is 8.71. The van der Waals surface area contributed by atoms with Crippen LogP contribution in [0.1, 0.15) is 6.92 Å². The minimum Gasteiger partial charge on any atom is -0.378 e. The summed E-state index contributed by atoms with van der Waals surface area (Å²) in [4.78, 5) is 14.9. The maximum atomic E-state index is 13.6. The van der Waals surface area contributed by atoms with Crippen molar-refractivity contribution in [3.05, 3.63) is 54.3 Å². The summed E-state index contributed by atoms with van der Waals surface area (Å²) in [5.74, 6) is -1.10. The molecule has 1 heterocycles. The predicted octanol–water partition coefficient (Wildman–Crippen LogP) is 2.46. The number of rotatable bonds is 6. The van der Waals surface area contributed by atoms with E-state index in [1.807, 2.05) is 12.1 Å². The number of carbonyl (C=O) groups excluding carboxylic acids is 1. The lowest BCUT2D eigenvalue weighted by Gasteiger charge is -2.29. The predicted molar refractivity (Wildman–Crippen MR) is 111 cm³/mol. The Morgan fingerprint density at radius 3 is 2.41 bits per heavy atom. The molecule has 1 aliphatic heterocycles. The SMILES string of the molecule is C[C@H](C(=O)Nc1ccc(N2CCOCC2)cc1)N(c1cccc(F)c1)S(C)(=O)=O. The number of anilines is 3. The highest BCUT2D eigenvalue weighted by Crippen LogP contribution is 2.23. The second kappa shape index (κ2) is 8.79. The van der Waals surface area contributed by atoms with E-state index in [9.17, 15) is 17.6 Å². The first-order valence-electron chi connectivity index (χ1n) is 9.24. The summed E-state index contributed by atoms with van der Waals surface area (Å²) in [5.41, 5.74) is 1.67. The van der Waals surface area contributed by atoms with Crippen molar-refractivity contribution in [2.45, 2.75) is 13.0 Å². The van der Waals surface area contributed by atoms with Gasteiger partial charge in [0, 0.05) is 24.5 Å². The van der Waals surface area contributed by atoms with Gasteiger partial charge >= 0.3 is 0 Å². The van der Waals surface area contributed by atoms with Gasteiger partial charge in [-0.1, -0.05) is 6.07 Å². The first-order valence-corrected chi connectivity index (χ1v) is 11.1. The minimum atomic E-state index is -3.81. The van der Waals surface area contributed by atoms with Gasteiger partial charge in [-0.25, -0.2) is 12.8 Å². The molecule has 1 amide bonds. The van der Waals surface area contributed by atoms with Crippen LogP contribution in [0.3, 0.4) is 0 Å². The highest BCUT2D eigenvalue weighted by atomic mass is 32.2. The lowest BCUT2D eigenvalue weighted by Crippen LogP contribution is -2.45. The van der Waals surface area contributed by atoms with Gasteiger partial charge in [-0.2, -0.15) is 0 Å². The molecule has 29 heavy (non-hydrogen) atoms. The molecule has 0 saturated carbocycles. The number of nitrogens with one attached hydrogen (secondary N) is 1. The fourth-order valence-electron chi connectivity index (χ4n) is 3.25. The minimum absolute atomic E-state index is 0.0952. The molecule has 1 saturated heterocycles. The summed E-state index contributed by atoms with van der Waals surface area (Å²) in [5, 5.41) is 2.73. The molecule has 156 valence electrons. The van der Waals surface area contributed by atoms with Gasteiger partial charge in [0.1, 0.15) is 11.9 Å². The van der Waals surface area contributed by atoms with Crippen LogP contribution in [-0.2, 0) is 19.6 Å². The molecule has 2 aromatic rings. The van der Waals surface area contributed by atoms with Gasteiger partial charge in [-0.3, -0.25) is 9.10 Å². The smallest absolute Gasteiger partial charge is 0.247 e. The van der Waals surface area contributed by atoms with Gasteiger partial charge in [0.05, 0.1) is 25.2 Å². The third-order valence-corrected chi connectivity index (χ3v) is 5.90. The highest BCUT2D eigenvalue weighted by molar-refractivity contribution is 7.92. The molecule has 9 heteroatoms. The number of hydrogen-bond donors (Lipinski definition) is 1. The van der Waals surface area contributed by atoms with Gasteiger partial charge in [0.15, 0.2) is 0 Å². The Labute approximate surface area is 170 Å². The van der Waals surface area contributed by atoms with Gasteiger partial charge in [0.25, 0.3) is 0 Å². The van der Waals surface area contributed by atoms with Crippen molar-refractivity contribution in [2.75, 3.05) is 47.1 Å². The number of nitrogens with zero attached hydrogens (tertiary/aromatic N) is 2. The molecule has 2 aromatic carbocycles. The van der Waals surface area contributed by atoms with E-state index in [1.165, 1.54) is 25.1 Å². The van der Waals surface area contributed by atoms with Crippen LogP contribution in [0.15, 0.2) is 48.5 Å². The van der Waals surface area contributed by atoms with Gasteiger partial charge in [-0.05, 0) is 49.4 Å². The molecule has 1 fully saturated rings. The van der Waals surface area contributed by atoms with Gasteiger partial charge in [-0.15, -0.1) is 0 Å². The molecule has 0 unspecified atom stereocenters. The molecule has 0 bridgehead atoms. The Hall–Kier alpha value is -2.65. The maximum Gasteiger partial charge on any atom is 0.247 e. The number of hydrogen-bond acceptors (Lipinski definition) is 5. The second-order valence-electron chi connectivity index (χ2n) is 6.85. The zero-order valence-electron chi connectivity index (χ0n) is 16.3. The number of halogens is 1. The topological polar surface area (TPSA) is 79.0 Å². The lowest BCUT2D eigenvalue weighted by atomic mass is 10.2. The molecular formula is C20H24FN3O4S. The Kier molecular flexibility index (Phi) is 6.39. The summed E-state index contributed by atoms with van der Waals surface area (Å²) in [7, 11) is -3.81. The van der Waals surface area contributed by atoms with Crippen molar-refractivity contribution in [3.63, 3.8) is 0 Å². The maximum absolute atomic E-state index is 13.6. The van der Waals surface area contributed by atoms with E-state index in [0.29, 0.717) is 18.9 Å². The summed E-state index contributed by atoms with van der Waals surface area (Å²) < 4.78 is 44.4. The molecule has 0 radical (unpaired) electrons. The van der Waals surface area contributed by atoms with E-state index in [1.54, 1.807) is 12.1 Å². The van der Waals surface area contributed by atoms with Gasteiger partial charge in [0.2, 0.25) is 15.9 Å². The molecular weight excluding hydrogens is 397 g/mol. The van der Waals surface area contributed by atoms with Crippen molar-refractivity contribution in [3.8, 4) is 0 Å². The summed E-state index contributed by atoms with van der Waals surface area (Å²) in [6.07, 6.45) is 0.985. The van der Waals surface area contributed by atoms with Crippen LogP contribution >= 0.6 is 0 Å². The Morgan fingerprint density at radius 1 is 1.17 bits per heavy atom. The van der Waals surface area contributed by atoms with Crippen molar-refractivity contribution in [1.82, 2.24) is 0 Å². The Balaban J connectivity index is 1.74.